The van der Waals surface area contributed by atoms with E-state index < -0.39 is 11.1 Å². The molecule has 0 unspecified atom stereocenters. The first kappa shape index (κ1) is 24.6. The summed E-state index contributed by atoms with van der Waals surface area (Å²) in [6.07, 6.45) is 4.50. The van der Waals surface area contributed by atoms with Gasteiger partial charge in [-0.3, -0.25) is 14.4 Å². The lowest BCUT2D eigenvalue weighted by molar-refractivity contribution is 0.0824. The van der Waals surface area contributed by atoms with Crippen LogP contribution in [-0.2, 0) is 20.6 Å². The Morgan fingerprint density at radius 2 is 1.50 bits per heavy atom. The summed E-state index contributed by atoms with van der Waals surface area (Å²) in [4.78, 5) is 39.5. The zero-order chi connectivity index (χ0) is 24.8. The van der Waals surface area contributed by atoms with Crippen molar-refractivity contribution in [3.63, 3.8) is 0 Å². The molecule has 0 spiro atoms. The molecular formula is C25H31N5O4. The van der Waals surface area contributed by atoms with Gasteiger partial charge >= 0.3 is 0 Å². The van der Waals surface area contributed by atoms with E-state index in [4.69, 9.17) is 0 Å². The fraction of sp³-hybridized carbons (Fsp3) is 0.320. The molecule has 2 aromatic carbocycles. The lowest BCUT2D eigenvalue weighted by Crippen LogP contribution is -2.38. The smallest absolute Gasteiger partial charge is 0.290 e. The highest BCUT2D eigenvalue weighted by Crippen LogP contribution is 2.31. The Balaban J connectivity index is 0.000000999. The van der Waals surface area contributed by atoms with Crippen LogP contribution in [0.5, 0.6) is 5.75 Å². The van der Waals surface area contributed by atoms with Crippen LogP contribution in [0, 0.1) is 0 Å². The lowest BCUT2D eigenvalue weighted by atomic mass is 10.1. The van der Waals surface area contributed by atoms with Gasteiger partial charge in [0.05, 0.1) is 11.3 Å². The number of aromatic nitrogens is 2. The van der Waals surface area contributed by atoms with Crippen LogP contribution in [-0.4, -0.2) is 39.4 Å². The number of hydrogen-bond acceptors (Lipinski definition) is 6. The Kier molecular flexibility index (Phi) is 7.78. The van der Waals surface area contributed by atoms with Crippen molar-refractivity contribution in [1.82, 2.24) is 14.3 Å². The maximum atomic E-state index is 13.0. The standard InChI is InChI=1S/C22H25N5O4.C3H6/c1-25(2)20(29)15-11-8-12-16(19(15)28)24-18-17(21(30)26(3)27(4)22(18)31)23-13-14-9-6-5-7-10-14;1-2-3-1/h5-12,23-24,28H,13H2,1-4H3;1-3H2. The maximum Gasteiger partial charge on any atom is 0.290 e. The van der Waals surface area contributed by atoms with Gasteiger partial charge in [0, 0.05) is 34.7 Å². The first-order valence-electron chi connectivity index (χ1n) is 11.1. The minimum atomic E-state index is -0.471. The zero-order valence-corrected chi connectivity index (χ0v) is 20.0. The van der Waals surface area contributed by atoms with E-state index in [1.54, 1.807) is 20.2 Å². The zero-order valence-electron chi connectivity index (χ0n) is 20.0. The summed E-state index contributed by atoms with van der Waals surface area (Å²) in [5.41, 5.74) is 0.305. The van der Waals surface area contributed by atoms with Crippen molar-refractivity contribution in [3.05, 3.63) is 80.4 Å². The van der Waals surface area contributed by atoms with Crippen LogP contribution in [0.2, 0.25) is 0 Å². The molecule has 1 amide bonds. The SMILES string of the molecule is C1CC1.CN(C)C(=O)c1cccc(Nc2c(NCc3ccccc3)c(=O)n(C)n(C)c2=O)c1O. The fourth-order valence-corrected chi connectivity index (χ4v) is 3.07. The molecule has 0 aliphatic heterocycles. The second kappa shape index (κ2) is 10.7. The predicted octanol–water partition coefficient (Wildman–Crippen LogP) is 3.02. The number of rotatable bonds is 6. The van der Waals surface area contributed by atoms with Crippen molar-refractivity contribution in [1.29, 1.82) is 0 Å². The number of nitrogens with zero attached hydrogens (tertiary/aromatic N) is 3. The molecule has 9 nitrogen and oxygen atoms in total. The van der Waals surface area contributed by atoms with Crippen LogP contribution in [0.4, 0.5) is 17.1 Å². The van der Waals surface area contributed by atoms with E-state index in [1.165, 1.54) is 59.8 Å². The Hall–Kier alpha value is -4.01. The minimum Gasteiger partial charge on any atom is -0.505 e. The number of benzene rings is 2. The van der Waals surface area contributed by atoms with E-state index in [2.05, 4.69) is 10.6 Å². The second-order valence-electron chi connectivity index (χ2n) is 8.33. The largest absolute Gasteiger partial charge is 0.505 e. The van der Waals surface area contributed by atoms with Crippen molar-refractivity contribution in [2.45, 2.75) is 25.8 Å². The van der Waals surface area contributed by atoms with Crippen molar-refractivity contribution in [3.8, 4) is 5.75 Å². The molecule has 0 saturated heterocycles. The van der Waals surface area contributed by atoms with Gasteiger partial charge in [0.2, 0.25) is 0 Å². The van der Waals surface area contributed by atoms with Gasteiger partial charge in [0.1, 0.15) is 11.4 Å². The molecule has 34 heavy (non-hydrogen) atoms. The van der Waals surface area contributed by atoms with E-state index in [1.807, 2.05) is 30.3 Å². The van der Waals surface area contributed by atoms with Gasteiger partial charge in [0.15, 0.2) is 5.75 Å². The number of phenolic OH excluding ortho intramolecular Hbond substituents is 1. The van der Waals surface area contributed by atoms with Gasteiger partial charge in [-0.05, 0) is 17.7 Å². The summed E-state index contributed by atoms with van der Waals surface area (Å²) in [6, 6.07) is 14.0. The molecule has 0 radical (unpaired) electrons. The molecule has 1 fully saturated rings. The van der Waals surface area contributed by atoms with Crippen LogP contribution in [0.15, 0.2) is 58.1 Å². The van der Waals surface area contributed by atoms with E-state index in [0.717, 1.165) is 5.56 Å². The third-order valence-electron chi connectivity index (χ3n) is 5.31. The van der Waals surface area contributed by atoms with Gasteiger partial charge in [-0.1, -0.05) is 55.7 Å². The molecule has 1 heterocycles. The molecule has 3 aromatic rings. The van der Waals surface area contributed by atoms with Gasteiger partial charge < -0.3 is 20.6 Å². The quantitative estimate of drug-likeness (QED) is 0.483. The van der Waals surface area contributed by atoms with Crippen molar-refractivity contribution in [2.75, 3.05) is 24.7 Å². The summed E-state index contributed by atoms with van der Waals surface area (Å²) in [5.74, 6) is -0.696. The van der Waals surface area contributed by atoms with E-state index in [9.17, 15) is 19.5 Å². The number of nitrogens with one attached hydrogen (secondary N) is 2. The number of aromatic hydroxyl groups is 1. The first-order valence-corrected chi connectivity index (χ1v) is 11.1. The van der Waals surface area contributed by atoms with E-state index in [0.29, 0.717) is 6.54 Å². The topological polar surface area (TPSA) is 109 Å². The Morgan fingerprint density at radius 3 is 2.06 bits per heavy atom. The van der Waals surface area contributed by atoms with Crippen LogP contribution < -0.4 is 21.8 Å². The monoisotopic (exact) mass is 465 g/mol. The molecule has 1 saturated carbocycles. The summed E-state index contributed by atoms with van der Waals surface area (Å²) >= 11 is 0. The molecule has 1 aromatic heterocycles. The molecule has 4 rings (SSSR count). The average Bonchev–Trinajstić information content (AvgIpc) is 3.72. The first-order chi connectivity index (χ1) is 16.2. The second-order valence-corrected chi connectivity index (χ2v) is 8.33. The molecule has 0 atom stereocenters. The summed E-state index contributed by atoms with van der Waals surface area (Å²) in [6.45, 7) is 0.322. The third kappa shape index (κ3) is 5.67. The number of carbonyl (C=O) groups excluding carboxylic acids is 1. The van der Waals surface area contributed by atoms with Crippen LogP contribution in [0.25, 0.3) is 0 Å². The number of carbonyl (C=O) groups is 1. The predicted molar refractivity (Wildman–Crippen MR) is 134 cm³/mol. The van der Waals surface area contributed by atoms with Crippen LogP contribution in [0.3, 0.4) is 0 Å². The molecule has 3 N–H and O–H groups in total. The third-order valence-corrected chi connectivity index (χ3v) is 5.31. The number of para-hydroxylation sites is 1. The summed E-state index contributed by atoms with van der Waals surface area (Å²) in [5, 5.41) is 16.5. The van der Waals surface area contributed by atoms with Gasteiger partial charge in [-0.15, -0.1) is 0 Å². The highest BCUT2D eigenvalue weighted by atomic mass is 16.3. The highest BCUT2D eigenvalue weighted by Gasteiger charge is 2.20. The van der Waals surface area contributed by atoms with Crippen molar-refractivity contribution < 1.29 is 9.90 Å². The highest BCUT2D eigenvalue weighted by molar-refractivity contribution is 5.98. The molecule has 180 valence electrons. The molecule has 1 aliphatic rings. The van der Waals surface area contributed by atoms with Crippen LogP contribution in [0.1, 0.15) is 35.2 Å². The summed E-state index contributed by atoms with van der Waals surface area (Å²) < 4.78 is 2.37. The molecular weight excluding hydrogens is 434 g/mol. The lowest BCUT2D eigenvalue weighted by Gasteiger charge is -2.18. The number of hydrogen-bond donors (Lipinski definition) is 3. The number of phenols is 1. The van der Waals surface area contributed by atoms with Crippen molar-refractivity contribution >= 4 is 23.0 Å². The van der Waals surface area contributed by atoms with Gasteiger partial charge in [-0.25, -0.2) is 9.36 Å². The normalized spacial score (nSPS) is 11.8. The molecule has 0 bridgehead atoms. The van der Waals surface area contributed by atoms with E-state index >= 15 is 0 Å². The van der Waals surface area contributed by atoms with E-state index in [-0.39, 0.29) is 34.3 Å². The Morgan fingerprint density at radius 1 is 0.912 bits per heavy atom. The Bertz CT molecular complexity index is 1270. The van der Waals surface area contributed by atoms with Gasteiger partial charge in [-0.2, -0.15) is 0 Å². The molecule has 9 heteroatoms. The number of amides is 1. The number of anilines is 3. The van der Waals surface area contributed by atoms with Crippen molar-refractivity contribution in [2.24, 2.45) is 14.1 Å². The average molecular weight is 466 g/mol. The maximum absolute atomic E-state index is 13.0. The van der Waals surface area contributed by atoms with Crippen LogP contribution >= 0.6 is 0 Å². The summed E-state index contributed by atoms with van der Waals surface area (Å²) in [7, 11) is 6.12. The molecule has 1 aliphatic carbocycles. The fourth-order valence-electron chi connectivity index (χ4n) is 3.07. The Labute approximate surface area is 198 Å². The minimum absolute atomic E-state index is 0.0220. The van der Waals surface area contributed by atoms with Gasteiger partial charge in [0.25, 0.3) is 17.0 Å².